The smallest absolute Gasteiger partial charge is 0.228 e. The van der Waals surface area contributed by atoms with E-state index in [0.29, 0.717) is 5.56 Å². The molecule has 0 saturated heterocycles. The van der Waals surface area contributed by atoms with Gasteiger partial charge >= 0.3 is 0 Å². The van der Waals surface area contributed by atoms with Crippen molar-refractivity contribution in [2.75, 3.05) is 0 Å². The normalized spacial score (nSPS) is 9.62. The van der Waals surface area contributed by atoms with Gasteiger partial charge in [-0.15, -0.1) is 0 Å². The van der Waals surface area contributed by atoms with Gasteiger partial charge in [-0.05, 0) is 46.5 Å². The maximum absolute atomic E-state index is 11.4. The molecule has 13 heavy (non-hydrogen) atoms. The van der Waals surface area contributed by atoms with E-state index in [0.717, 1.165) is 15.3 Å². The highest BCUT2D eigenvalue weighted by atomic mass is 127. The first kappa shape index (κ1) is 10.5. The maximum Gasteiger partial charge on any atom is 0.228 e. The van der Waals surface area contributed by atoms with Crippen molar-refractivity contribution >= 4 is 44.6 Å². The Hall–Kier alpha value is -0.560. The number of carbonyl (C=O) groups is 1. The highest BCUT2D eigenvalue weighted by Gasteiger charge is 2.10. The first-order valence-electron chi connectivity index (χ1n) is 3.42. The Kier molecular flexibility index (Phi) is 3.73. The van der Waals surface area contributed by atoms with Crippen molar-refractivity contribution in [3.8, 4) is 0 Å². The van der Waals surface area contributed by atoms with Crippen LogP contribution in [0.25, 0.3) is 0 Å². The minimum absolute atomic E-state index is 0.176. The third-order valence-electron chi connectivity index (χ3n) is 1.30. The van der Waals surface area contributed by atoms with Crippen molar-refractivity contribution in [3.05, 3.63) is 33.4 Å². The molecular formula is C8H7IN2OS. The summed E-state index contributed by atoms with van der Waals surface area (Å²) in [7, 11) is 0. The molecule has 1 rings (SSSR count). The van der Waals surface area contributed by atoms with E-state index < -0.39 is 0 Å². The third-order valence-corrected chi connectivity index (χ3v) is 2.86. The van der Waals surface area contributed by atoms with Crippen LogP contribution in [0.1, 0.15) is 10.4 Å². The molecule has 0 aliphatic rings. The molecule has 0 radical (unpaired) electrons. The van der Waals surface area contributed by atoms with E-state index in [1.807, 2.05) is 12.1 Å². The second-order valence-electron chi connectivity index (χ2n) is 2.23. The Balaban J connectivity index is 2.89. The maximum atomic E-state index is 11.4. The number of hydrogen-bond donors (Lipinski definition) is 2. The molecule has 0 aromatic heterocycles. The van der Waals surface area contributed by atoms with Crippen LogP contribution < -0.4 is 5.73 Å². The molecule has 0 unspecified atom stereocenters. The van der Waals surface area contributed by atoms with Crippen molar-refractivity contribution in [1.82, 2.24) is 0 Å². The van der Waals surface area contributed by atoms with Gasteiger partial charge in [0, 0.05) is 9.13 Å². The molecule has 3 N–H and O–H groups in total. The lowest BCUT2D eigenvalue weighted by molar-refractivity contribution is 0.108. The van der Waals surface area contributed by atoms with Crippen LogP contribution in [0.15, 0.2) is 24.3 Å². The van der Waals surface area contributed by atoms with Crippen molar-refractivity contribution in [1.29, 1.82) is 5.41 Å². The number of halogens is 1. The lowest BCUT2D eigenvalue weighted by Crippen LogP contribution is -2.09. The molecule has 1 aromatic carbocycles. The summed E-state index contributed by atoms with van der Waals surface area (Å²) in [6.07, 6.45) is 0. The van der Waals surface area contributed by atoms with Gasteiger partial charge in [0.05, 0.1) is 0 Å². The molecule has 0 aliphatic heterocycles. The second kappa shape index (κ2) is 4.61. The molecule has 5 heteroatoms. The molecular weight excluding hydrogens is 299 g/mol. The standard InChI is InChI=1S/C8H7IN2OS/c9-6-4-2-1-3-5(6)7(12)13-8(10)11/h1-4H,(H3,10,11). The van der Waals surface area contributed by atoms with Gasteiger partial charge in [-0.2, -0.15) is 0 Å². The van der Waals surface area contributed by atoms with Crippen LogP contribution in [0.2, 0.25) is 0 Å². The quantitative estimate of drug-likeness (QED) is 0.474. The summed E-state index contributed by atoms with van der Waals surface area (Å²) in [5, 5.41) is 6.60. The summed E-state index contributed by atoms with van der Waals surface area (Å²) in [6, 6.07) is 7.21. The molecule has 68 valence electrons. The van der Waals surface area contributed by atoms with Gasteiger partial charge < -0.3 is 5.73 Å². The summed E-state index contributed by atoms with van der Waals surface area (Å²) in [5.41, 5.74) is 5.70. The number of amidine groups is 1. The van der Waals surface area contributed by atoms with Crippen molar-refractivity contribution in [2.45, 2.75) is 0 Å². The fourth-order valence-corrected chi connectivity index (χ4v) is 2.08. The molecule has 0 aliphatic carbocycles. The number of hydrogen-bond acceptors (Lipinski definition) is 3. The first-order chi connectivity index (χ1) is 6.11. The van der Waals surface area contributed by atoms with Crippen LogP contribution in [0, 0.1) is 8.98 Å². The van der Waals surface area contributed by atoms with Crippen molar-refractivity contribution < 1.29 is 4.79 Å². The van der Waals surface area contributed by atoms with E-state index in [2.05, 4.69) is 22.6 Å². The Morgan fingerprint density at radius 3 is 2.62 bits per heavy atom. The van der Waals surface area contributed by atoms with Crippen LogP contribution in [-0.2, 0) is 0 Å². The van der Waals surface area contributed by atoms with Crippen LogP contribution in [-0.4, -0.2) is 10.3 Å². The average Bonchev–Trinajstić information content (AvgIpc) is 2.03. The predicted octanol–water partition coefficient (Wildman–Crippen LogP) is 2.06. The highest BCUT2D eigenvalue weighted by Crippen LogP contribution is 2.17. The van der Waals surface area contributed by atoms with Crippen LogP contribution >= 0.6 is 34.4 Å². The van der Waals surface area contributed by atoms with E-state index in [1.165, 1.54) is 0 Å². The second-order valence-corrected chi connectivity index (χ2v) is 4.41. The fourth-order valence-electron chi connectivity index (χ4n) is 0.782. The van der Waals surface area contributed by atoms with E-state index in [1.54, 1.807) is 12.1 Å². The predicted molar refractivity (Wildman–Crippen MR) is 63.0 cm³/mol. The number of carbonyl (C=O) groups excluding carboxylic acids is 1. The SMILES string of the molecule is N=C(N)SC(=O)c1ccccc1I. The molecule has 0 fully saturated rings. The molecule has 0 bridgehead atoms. The first-order valence-corrected chi connectivity index (χ1v) is 5.31. The Morgan fingerprint density at radius 2 is 2.08 bits per heavy atom. The van der Waals surface area contributed by atoms with Crippen molar-refractivity contribution in [2.24, 2.45) is 5.73 Å². The number of benzene rings is 1. The molecule has 0 atom stereocenters. The molecule has 3 nitrogen and oxygen atoms in total. The largest absolute Gasteiger partial charge is 0.378 e. The third kappa shape index (κ3) is 3.00. The zero-order valence-corrected chi connectivity index (χ0v) is 9.56. The summed E-state index contributed by atoms with van der Waals surface area (Å²) in [5.74, 6) is 0. The van der Waals surface area contributed by atoms with Crippen LogP contribution in [0.3, 0.4) is 0 Å². The highest BCUT2D eigenvalue weighted by molar-refractivity contribution is 14.1. The Bertz CT molecular complexity index is 354. The number of nitrogens with one attached hydrogen (secondary N) is 1. The van der Waals surface area contributed by atoms with Gasteiger partial charge in [0.1, 0.15) is 0 Å². The van der Waals surface area contributed by atoms with Gasteiger partial charge in [-0.3, -0.25) is 10.2 Å². The molecule has 1 aromatic rings. The zero-order chi connectivity index (χ0) is 9.84. The lowest BCUT2D eigenvalue weighted by Gasteiger charge is -2.00. The van der Waals surface area contributed by atoms with E-state index in [4.69, 9.17) is 11.1 Å². The number of thioether (sulfide) groups is 1. The van der Waals surface area contributed by atoms with Gasteiger partial charge in [-0.1, -0.05) is 12.1 Å². The topological polar surface area (TPSA) is 66.9 Å². The monoisotopic (exact) mass is 306 g/mol. The van der Waals surface area contributed by atoms with E-state index in [-0.39, 0.29) is 10.3 Å². The number of rotatable bonds is 1. The minimum Gasteiger partial charge on any atom is -0.378 e. The molecule has 0 spiro atoms. The van der Waals surface area contributed by atoms with Crippen LogP contribution in [0.4, 0.5) is 0 Å². The Morgan fingerprint density at radius 1 is 1.46 bits per heavy atom. The van der Waals surface area contributed by atoms with Gasteiger partial charge in [0.15, 0.2) is 5.17 Å². The molecule has 0 saturated carbocycles. The average molecular weight is 306 g/mol. The van der Waals surface area contributed by atoms with Gasteiger partial charge in [0.2, 0.25) is 5.12 Å². The van der Waals surface area contributed by atoms with E-state index in [9.17, 15) is 4.79 Å². The summed E-state index contributed by atoms with van der Waals surface area (Å²) < 4.78 is 0.874. The van der Waals surface area contributed by atoms with Crippen LogP contribution in [0.5, 0.6) is 0 Å². The van der Waals surface area contributed by atoms with Gasteiger partial charge in [-0.25, -0.2) is 0 Å². The zero-order valence-electron chi connectivity index (χ0n) is 6.58. The van der Waals surface area contributed by atoms with E-state index >= 15 is 0 Å². The summed E-state index contributed by atoms with van der Waals surface area (Å²) >= 11 is 2.82. The molecule has 0 amide bonds. The summed E-state index contributed by atoms with van der Waals surface area (Å²) in [6.45, 7) is 0. The summed E-state index contributed by atoms with van der Waals surface area (Å²) in [4.78, 5) is 11.4. The Labute approximate surface area is 93.7 Å². The van der Waals surface area contributed by atoms with Crippen molar-refractivity contribution in [3.63, 3.8) is 0 Å². The lowest BCUT2D eigenvalue weighted by atomic mass is 10.2. The van der Waals surface area contributed by atoms with Gasteiger partial charge in [0.25, 0.3) is 0 Å². The minimum atomic E-state index is -0.183. The number of nitrogens with two attached hydrogens (primary N) is 1. The molecule has 0 heterocycles. The fraction of sp³-hybridized carbons (Fsp3) is 0.